The number of aliphatic hydroxyl groups excluding tert-OH is 1. The third-order valence-corrected chi connectivity index (χ3v) is 15.1. The number of aliphatic hydroxyl groups is 1. The first-order chi connectivity index (χ1) is 42.9. The molecular weight excluding hydrogens is 1190 g/mol. The zero-order valence-corrected chi connectivity index (χ0v) is 51.9. The Hall–Kier alpha value is -8.94. The number of aromatic nitrogens is 16. The lowest BCUT2D eigenvalue weighted by Gasteiger charge is -2.27. The Morgan fingerprint density at radius 1 is 0.670 bits per heavy atom. The molecule has 2 fully saturated rings. The summed E-state index contributed by atoms with van der Waals surface area (Å²) < 4.78 is 46.4. The Morgan fingerprint density at radius 3 is 1.60 bits per heavy atom. The van der Waals surface area contributed by atoms with Crippen molar-refractivity contribution in [3.63, 3.8) is 0 Å². The van der Waals surface area contributed by atoms with E-state index in [1.807, 2.05) is 31.2 Å². The maximum absolute atomic E-state index is 13.5. The first-order valence-electron chi connectivity index (χ1n) is 29.2. The molecule has 2 aliphatic rings. The van der Waals surface area contributed by atoms with Crippen LogP contribution in [0.5, 0.6) is 5.75 Å². The van der Waals surface area contributed by atoms with Gasteiger partial charge in [0, 0.05) is 20.6 Å². The van der Waals surface area contributed by atoms with Gasteiger partial charge >= 0.3 is 23.9 Å². The lowest BCUT2D eigenvalue weighted by atomic mass is 10.0. The average molecular weight is 1270 g/mol. The number of nitrogens with two attached hydrogens (primary N) is 5. The fraction of sp³-hybridized carbons (Fsp3) is 0.600. The van der Waals surface area contributed by atoms with Crippen LogP contribution in [0.1, 0.15) is 112 Å². The number of nitrogens with zero attached hydrogens (tertiary/aromatic N) is 15. The zero-order chi connectivity index (χ0) is 65.4. The number of hydrogen-bond acceptors (Lipinski definition) is 32. The van der Waals surface area contributed by atoms with Crippen molar-refractivity contribution in [2.75, 3.05) is 49.5 Å². The number of carbonyl (C=O) groups excluding carboxylic acids is 4. The molecule has 2 saturated heterocycles. The lowest BCUT2D eigenvalue weighted by Crippen LogP contribution is -2.46. The van der Waals surface area contributed by atoms with Crippen LogP contribution in [0, 0.1) is 23.7 Å². The number of ether oxygens (including phenoxy) is 7. The summed E-state index contributed by atoms with van der Waals surface area (Å²) in [5.41, 5.74) is 32.7. The normalized spacial score (nSPS) is 21.4. The summed E-state index contributed by atoms with van der Waals surface area (Å²) in [6, 6.07) is 3.18. The molecule has 0 saturated carbocycles. The first kappa shape index (κ1) is 69.5. The van der Waals surface area contributed by atoms with Crippen molar-refractivity contribution in [3.8, 4) is 5.75 Å². The van der Waals surface area contributed by atoms with E-state index in [2.05, 4.69) is 82.0 Å². The van der Waals surface area contributed by atoms with Crippen LogP contribution >= 0.6 is 0 Å². The van der Waals surface area contributed by atoms with Gasteiger partial charge in [-0.25, -0.2) is 14.6 Å². The fourth-order valence-electron chi connectivity index (χ4n) is 9.47. The smallest absolute Gasteiger partial charge is 0.323 e. The number of aryl methyl sites for hydroxylation is 1. The van der Waals surface area contributed by atoms with E-state index in [-0.39, 0.29) is 83.9 Å². The van der Waals surface area contributed by atoms with Gasteiger partial charge in [0.2, 0.25) is 17.7 Å². The third-order valence-electron chi connectivity index (χ3n) is 15.1. The zero-order valence-electron chi connectivity index (χ0n) is 51.9. The first-order valence-corrected chi connectivity index (χ1v) is 29.2. The summed E-state index contributed by atoms with van der Waals surface area (Å²) in [7, 11) is 4.88. The van der Waals surface area contributed by atoms with Crippen molar-refractivity contribution in [1.82, 2.24) is 79.9 Å². The van der Waals surface area contributed by atoms with Crippen molar-refractivity contribution in [1.29, 1.82) is 0 Å². The molecule has 8 heterocycles. The van der Waals surface area contributed by atoms with Crippen LogP contribution in [0.15, 0.2) is 36.9 Å². The predicted octanol–water partition coefficient (Wildman–Crippen LogP) is 0.618. The van der Waals surface area contributed by atoms with Crippen LogP contribution in [-0.2, 0) is 60.6 Å². The van der Waals surface area contributed by atoms with Crippen molar-refractivity contribution < 1.29 is 57.4 Å². The van der Waals surface area contributed by atoms with Crippen LogP contribution in [0.25, 0.3) is 22.3 Å². The SMILES string of the molecule is C.CCn1nnnc1[C@H]1O[C@@H](n2cnc3c(NC(CO)Cc4ccc(OC)cc4)nc(NC)nc32)[C@H](OC(=O)[C@@H](N)C(C)C)[C@@H]1OC(=O)[C@@H](N)C(C)C.CNc1nc(N)c2ncn([C@@H]3O[C@H](c4nn[nH]n4)[C@@H](OC(=O)[C@@H](N)C(C)C)[C@H]3OC(=O)[C@@H](N)C(C)C)c2n1. The number of tetrazole rings is 2. The number of methoxy groups -OCH3 is 1. The average Bonchev–Trinajstić information content (AvgIpc) is 1.62. The Labute approximate surface area is 523 Å². The van der Waals surface area contributed by atoms with Gasteiger partial charge in [0.1, 0.15) is 35.4 Å². The third kappa shape index (κ3) is 15.3. The quantitative estimate of drug-likeness (QED) is 0.0277. The van der Waals surface area contributed by atoms with Crippen LogP contribution in [0.4, 0.5) is 23.5 Å². The highest BCUT2D eigenvalue weighted by molar-refractivity contribution is 5.85. The van der Waals surface area contributed by atoms with E-state index in [9.17, 15) is 24.3 Å². The number of anilines is 4. The molecule has 0 amide bonds. The Morgan fingerprint density at radius 2 is 1.14 bits per heavy atom. The van der Waals surface area contributed by atoms with E-state index >= 15 is 0 Å². The number of nitrogens with one attached hydrogen (secondary N) is 4. The second-order valence-electron chi connectivity index (χ2n) is 22.8. The highest BCUT2D eigenvalue weighted by Gasteiger charge is 2.56. The summed E-state index contributed by atoms with van der Waals surface area (Å²) in [6.07, 6.45) is -6.17. The molecule has 36 heteroatoms. The minimum absolute atomic E-state index is 0. The molecule has 91 heavy (non-hydrogen) atoms. The van der Waals surface area contributed by atoms with Crippen LogP contribution in [-0.4, -0.2) is 191 Å². The van der Waals surface area contributed by atoms with Gasteiger partial charge in [0.05, 0.1) is 32.4 Å². The molecule has 9 rings (SSSR count). The number of carbonyl (C=O) groups is 4. The van der Waals surface area contributed by atoms with Crippen molar-refractivity contribution in [3.05, 3.63) is 54.1 Å². The monoisotopic (exact) mass is 1270 g/mol. The number of nitrogen functional groups attached to an aromatic ring is 1. The standard InChI is InChI=1S/C33H48N12O7.C21H32N12O5.CH4/c1-8-45-29(41-42-43-45)25-24(51-31(47)21(34)16(2)3)26(52-32(48)22(35)17(4)5)30(50-25)44-15-37-23-27(39-33(36-6)40-28(23)44)38-19(14-46)13-18-9-11-20(49-7)12-10-18;1-7(2)9(22)19(34)37-12-13(16-29-31-32-30-16)36-18(14(12)38-20(35)10(23)8(3)4)33-6-26-11-15(24)27-21(25-5)28-17(11)33;/h9-12,15-17,19,21-22,24-26,30,46H,8,13-14,34-35H2,1-7H3,(H2,36,38,39,40);6-10,12-14,18H,22-23H2,1-5H3,(H3,24,25,27,28)(H,29,30,31,32);1H4/t19?,21-,22-,24+,25-,26+,30+;9-,10-,12+,13-,14+,18+;/m00./s1. The molecule has 1 unspecified atom stereocenters. The molecule has 7 aromatic rings. The number of imidazole rings is 2. The molecular formula is C55H84N24O12. The molecule has 36 nitrogen and oxygen atoms in total. The summed E-state index contributed by atoms with van der Waals surface area (Å²) in [6.45, 7) is 16.2. The van der Waals surface area contributed by atoms with Gasteiger partial charge in [-0.05, 0) is 65.1 Å². The van der Waals surface area contributed by atoms with Gasteiger partial charge in [-0.15, -0.1) is 15.3 Å². The maximum Gasteiger partial charge on any atom is 0.323 e. The van der Waals surface area contributed by atoms with Gasteiger partial charge in [-0.2, -0.15) is 25.1 Å². The fourth-order valence-corrected chi connectivity index (χ4v) is 9.47. The number of hydrogen-bond donors (Lipinski definition) is 10. The number of aromatic amines is 1. The second-order valence-corrected chi connectivity index (χ2v) is 22.8. The van der Waals surface area contributed by atoms with Crippen LogP contribution in [0.2, 0.25) is 0 Å². The second kappa shape index (κ2) is 30.2. The molecule has 0 radical (unpaired) electrons. The highest BCUT2D eigenvalue weighted by atomic mass is 16.7. The van der Waals surface area contributed by atoms with E-state index in [1.54, 1.807) is 81.2 Å². The minimum atomic E-state index is -1.28. The van der Waals surface area contributed by atoms with E-state index in [4.69, 9.17) is 61.8 Å². The molecule has 0 spiro atoms. The van der Waals surface area contributed by atoms with Crippen molar-refractivity contribution in [2.24, 2.45) is 46.6 Å². The minimum Gasteiger partial charge on any atom is -0.497 e. The van der Waals surface area contributed by atoms with E-state index in [1.165, 1.54) is 21.9 Å². The summed E-state index contributed by atoms with van der Waals surface area (Å²) >= 11 is 0. The largest absolute Gasteiger partial charge is 0.497 e. The van der Waals surface area contributed by atoms with Crippen LogP contribution in [0.3, 0.4) is 0 Å². The summed E-state index contributed by atoms with van der Waals surface area (Å²) in [5.74, 6) is -1.98. The number of benzene rings is 1. The molecule has 1 aromatic carbocycles. The Balaban J connectivity index is 0.000000268. The van der Waals surface area contributed by atoms with E-state index < -0.39 is 103 Å². The van der Waals surface area contributed by atoms with E-state index in [0.29, 0.717) is 24.3 Å². The Bertz CT molecular complexity index is 3550. The molecule has 2 aliphatic heterocycles. The topological polar surface area (TPSA) is 505 Å². The van der Waals surface area contributed by atoms with Crippen molar-refractivity contribution >= 4 is 69.7 Å². The molecule has 13 atom stereocenters. The van der Waals surface area contributed by atoms with Crippen LogP contribution < -0.4 is 49.4 Å². The molecule has 15 N–H and O–H groups in total. The summed E-state index contributed by atoms with van der Waals surface area (Å²) in [5, 5.41) is 45.4. The molecule has 6 aromatic heterocycles. The lowest BCUT2D eigenvalue weighted by molar-refractivity contribution is -0.171. The molecule has 496 valence electrons. The van der Waals surface area contributed by atoms with Crippen molar-refractivity contribution in [2.45, 2.75) is 162 Å². The number of esters is 4. The van der Waals surface area contributed by atoms with Gasteiger partial charge in [0.25, 0.3) is 0 Å². The van der Waals surface area contributed by atoms with E-state index in [0.717, 1.165) is 11.3 Å². The number of H-pyrrole nitrogens is 1. The van der Waals surface area contributed by atoms with Gasteiger partial charge in [-0.3, -0.25) is 28.3 Å². The number of fused-ring (bicyclic) bond motifs is 2. The summed E-state index contributed by atoms with van der Waals surface area (Å²) in [4.78, 5) is 79.7. The predicted molar refractivity (Wildman–Crippen MR) is 326 cm³/mol. The van der Waals surface area contributed by atoms with Gasteiger partial charge in [0.15, 0.2) is 83.4 Å². The van der Waals surface area contributed by atoms with Gasteiger partial charge < -0.3 is 82.9 Å². The Kier molecular flexibility index (Phi) is 23.1. The highest BCUT2D eigenvalue weighted by Crippen LogP contribution is 2.45. The maximum atomic E-state index is 13.5. The van der Waals surface area contributed by atoms with Gasteiger partial charge in [-0.1, -0.05) is 80.2 Å². The molecule has 0 aliphatic carbocycles. The number of rotatable bonds is 25. The molecule has 0 bridgehead atoms.